The predicted molar refractivity (Wildman–Crippen MR) is 79.5 cm³/mol. The number of nitrogens with one attached hydrogen (secondary N) is 2. The van der Waals surface area contributed by atoms with Gasteiger partial charge in [0.2, 0.25) is 0 Å². The van der Waals surface area contributed by atoms with Crippen molar-refractivity contribution in [2.45, 2.75) is 26.4 Å². The number of benzene rings is 1. The van der Waals surface area contributed by atoms with Crippen LogP contribution in [0.3, 0.4) is 0 Å². The molecule has 4 N–H and O–H groups in total. The lowest BCUT2D eigenvalue weighted by Gasteiger charge is -2.06. The van der Waals surface area contributed by atoms with Gasteiger partial charge in [0.25, 0.3) is 0 Å². The maximum Gasteiger partial charge on any atom is 0.316 e. The smallest absolute Gasteiger partial charge is 0.316 e. The van der Waals surface area contributed by atoms with Crippen molar-refractivity contribution in [3.8, 4) is 0 Å². The van der Waals surface area contributed by atoms with Crippen LogP contribution in [0.4, 0.5) is 16.2 Å². The van der Waals surface area contributed by atoms with Gasteiger partial charge in [-0.3, -0.25) is 4.68 Å². The summed E-state index contributed by atoms with van der Waals surface area (Å²) in [6.45, 7) is 3.78. The minimum Gasteiger partial charge on any atom is -0.381 e. The first kappa shape index (κ1) is 13.9. The van der Waals surface area contributed by atoms with Crippen LogP contribution in [0.2, 0.25) is 0 Å². The van der Waals surface area contributed by atoms with E-state index in [1.807, 2.05) is 29.2 Å². The third-order valence-corrected chi connectivity index (χ3v) is 2.79. The molecule has 0 fully saturated rings. The zero-order valence-electron chi connectivity index (χ0n) is 11.5. The van der Waals surface area contributed by atoms with E-state index in [9.17, 15) is 4.79 Å². The monoisotopic (exact) mass is 273 g/mol. The average molecular weight is 273 g/mol. The Labute approximate surface area is 118 Å². The maximum absolute atomic E-state index is 10.7. The number of hydrogen-bond acceptors (Lipinski definition) is 3. The van der Waals surface area contributed by atoms with Crippen LogP contribution < -0.4 is 16.4 Å². The molecular weight excluding hydrogens is 254 g/mol. The van der Waals surface area contributed by atoms with E-state index in [2.05, 4.69) is 22.7 Å². The molecule has 0 unspecified atom stereocenters. The summed E-state index contributed by atoms with van der Waals surface area (Å²) in [4.78, 5) is 10.7. The van der Waals surface area contributed by atoms with Crippen LogP contribution in [0, 0.1) is 0 Å². The fourth-order valence-corrected chi connectivity index (χ4v) is 1.87. The molecule has 2 aromatic rings. The Bertz CT molecular complexity index is 561. The van der Waals surface area contributed by atoms with Crippen LogP contribution >= 0.6 is 0 Å². The van der Waals surface area contributed by atoms with Gasteiger partial charge >= 0.3 is 6.03 Å². The lowest BCUT2D eigenvalue weighted by atomic mass is 10.2. The van der Waals surface area contributed by atoms with Gasteiger partial charge in [-0.2, -0.15) is 5.10 Å². The van der Waals surface area contributed by atoms with Gasteiger partial charge < -0.3 is 16.4 Å². The quantitative estimate of drug-likeness (QED) is 0.755. The van der Waals surface area contributed by atoms with Crippen molar-refractivity contribution in [3.63, 3.8) is 0 Å². The molecule has 0 aliphatic heterocycles. The molecule has 6 heteroatoms. The van der Waals surface area contributed by atoms with Crippen LogP contribution in [0.5, 0.6) is 0 Å². The number of nitrogens with two attached hydrogens (primary N) is 1. The number of rotatable bonds is 6. The number of urea groups is 1. The molecule has 1 aromatic carbocycles. The first-order valence-corrected chi connectivity index (χ1v) is 6.59. The molecule has 2 amide bonds. The predicted octanol–water partition coefficient (Wildman–Crippen LogP) is 2.40. The molecule has 2 rings (SSSR count). The molecular formula is C14H19N5O. The van der Waals surface area contributed by atoms with Crippen molar-refractivity contribution in [2.75, 3.05) is 10.6 Å². The number of anilines is 2. The molecule has 20 heavy (non-hydrogen) atoms. The standard InChI is InChI=1S/C14H19N5O/c1-2-7-19-10-11(9-17-19)8-16-12-3-5-13(6-4-12)18-14(15)20/h3-6,9-10,16H,2,7-8H2,1H3,(H3,15,18,20). The van der Waals surface area contributed by atoms with E-state index in [0.717, 1.165) is 24.2 Å². The Morgan fingerprint density at radius 2 is 2.00 bits per heavy atom. The molecule has 0 bridgehead atoms. The topological polar surface area (TPSA) is 85.0 Å². The van der Waals surface area contributed by atoms with E-state index in [0.29, 0.717) is 12.2 Å². The summed E-state index contributed by atoms with van der Waals surface area (Å²) in [5.41, 5.74) is 7.84. The van der Waals surface area contributed by atoms with Gasteiger partial charge in [-0.1, -0.05) is 6.92 Å². The van der Waals surface area contributed by atoms with Gasteiger partial charge in [-0.15, -0.1) is 0 Å². The van der Waals surface area contributed by atoms with Crippen molar-refractivity contribution in [3.05, 3.63) is 42.2 Å². The Kier molecular flexibility index (Phi) is 4.60. The van der Waals surface area contributed by atoms with Crippen LogP contribution in [-0.2, 0) is 13.1 Å². The summed E-state index contributed by atoms with van der Waals surface area (Å²) in [6.07, 6.45) is 4.98. The summed E-state index contributed by atoms with van der Waals surface area (Å²) in [5, 5.41) is 10.1. The van der Waals surface area contributed by atoms with Crippen molar-refractivity contribution in [2.24, 2.45) is 5.73 Å². The maximum atomic E-state index is 10.7. The first-order chi connectivity index (χ1) is 9.67. The normalized spacial score (nSPS) is 10.2. The van der Waals surface area contributed by atoms with Crippen molar-refractivity contribution in [1.82, 2.24) is 9.78 Å². The summed E-state index contributed by atoms with van der Waals surface area (Å²) >= 11 is 0. The summed E-state index contributed by atoms with van der Waals surface area (Å²) < 4.78 is 1.94. The Balaban J connectivity index is 1.88. The number of primary amides is 1. The van der Waals surface area contributed by atoms with E-state index >= 15 is 0 Å². The largest absolute Gasteiger partial charge is 0.381 e. The molecule has 106 valence electrons. The van der Waals surface area contributed by atoms with Gasteiger partial charge in [-0.05, 0) is 30.7 Å². The van der Waals surface area contributed by atoms with E-state index in [4.69, 9.17) is 5.73 Å². The molecule has 0 saturated carbocycles. The average Bonchev–Trinajstić information content (AvgIpc) is 2.86. The molecule has 0 spiro atoms. The second kappa shape index (κ2) is 6.60. The van der Waals surface area contributed by atoms with Gasteiger partial charge in [0, 0.05) is 36.2 Å². The molecule has 1 heterocycles. The van der Waals surface area contributed by atoms with Crippen LogP contribution in [0.15, 0.2) is 36.7 Å². The van der Waals surface area contributed by atoms with Crippen molar-refractivity contribution in [1.29, 1.82) is 0 Å². The molecule has 0 aliphatic carbocycles. The lowest BCUT2D eigenvalue weighted by Crippen LogP contribution is -2.19. The first-order valence-electron chi connectivity index (χ1n) is 6.59. The van der Waals surface area contributed by atoms with E-state index in [1.165, 1.54) is 0 Å². The number of carbonyl (C=O) groups is 1. The molecule has 0 aliphatic rings. The third-order valence-electron chi connectivity index (χ3n) is 2.79. The zero-order valence-corrected chi connectivity index (χ0v) is 11.5. The number of nitrogens with zero attached hydrogens (tertiary/aromatic N) is 2. The number of carbonyl (C=O) groups excluding carboxylic acids is 1. The molecule has 0 atom stereocenters. The van der Waals surface area contributed by atoms with Crippen LogP contribution in [0.25, 0.3) is 0 Å². The molecule has 6 nitrogen and oxygen atoms in total. The van der Waals surface area contributed by atoms with Gasteiger partial charge in [-0.25, -0.2) is 4.79 Å². The van der Waals surface area contributed by atoms with Crippen molar-refractivity contribution >= 4 is 17.4 Å². The molecule has 1 aromatic heterocycles. The Morgan fingerprint density at radius 3 is 2.65 bits per heavy atom. The second-order valence-corrected chi connectivity index (χ2v) is 4.53. The summed E-state index contributed by atoms with van der Waals surface area (Å²) in [7, 11) is 0. The van der Waals surface area contributed by atoms with E-state index < -0.39 is 6.03 Å². The van der Waals surface area contributed by atoms with Gasteiger partial charge in [0.1, 0.15) is 0 Å². The van der Waals surface area contributed by atoms with Crippen LogP contribution in [-0.4, -0.2) is 15.8 Å². The van der Waals surface area contributed by atoms with Gasteiger partial charge in [0.05, 0.1) is 6.20 Å². The minimum atomic E-state index is -0.561. The van der Waals surface area contributed by atoms with Crippen LogP contribution in [0.1, 0.15) is 18.9 Å². The number of hydrogen-bond donors (Lipinski definition) is 3. The Hall–Kier alpha value is -2.50. The fourth-order valence-electron chi connectivity index (χ4n) is 1.87. The highest BCUT2D eigenvalue weighted by Crippen LogP contribution is 2.14. The highest BCUT2D eigenvalue weighted by atomic mass is 16.2. The highest BCUT2D eigenvalue weighted by Gasteiger charge is 1.99. The van der Waals surface area contributed by atoms with E-state index in [-0.39, 0.29) is 0 Å². The summed E-state index contributed by atoms with van der Waals surface area (Å²) in [5.74, 6) is 0. The summed E-state index contributed by atoms with van der Waals surface area (Å²) in [6, 6.07) is 6.82. The minimum absolute atomic E-state index is 0.561. The SMILES string of the molecule is CCCn1cc(CNc2ccc(NC(N)=O)cc2)cn1. The van der Waals surface area contributed by atoms with Crippen molar-refractivity contribution < 1.29 is 4.79 Å². The molecule has 0 radical (unpaired) electrons. The number of aromatic nitrogens is 2. The second-order valence-electron chi connectivity index (χ2n) is 4.53. The van der Waals surface area contributed by atoms with Gasteiger partial charge in [0.15, 0.2) is 0 Å². The Morgan fingerprint density at radius 1 is 1.30 bits per heavy atom. The van der Waals surface area contributed by atoms with E-state index in [1.54, 1.807) is 12.1 Å². The number of aryl methyl sites for hydroxylation is 1. The third kappa shape index (κ3) is 4.01. The lowest BCUT2D eigenvalue weighted by molar-refractivity contribution is 0.259. The zero-order chi connectivity index (χ0) is 14.4. The highest BCUT2D eigenvalue weighted by molar-refractivity contribution is 5.87. The molecule has 0 saturated heterocycles. The fraction of sp³-hybridized carbons (Fsp3) is 0.286. The number of amides is 2.